The molecule has 3 aromatic heterocycles. The van der Waals surface area contributed by atoms with Crippen LogP contribution in [0.2, 0.25) is 0 Å². The van der Waals surface area contributed by atoms with Crippen molar-refractivity contribution in [2.24, 2.45) is 0 Å². The smallest absolute Gasteiger partial charge is 0.0774 e. The van der Waals surface area contributed by atoms with Gasteiger partial charge in [0.15, 0.2) is 0 Å². The van der Waals surface area contributed by atoms with Gasteiger partial charge in [-0.05, 0) is 58.3 Å². The summed E-state index contributed by atoms with van der Waals surface area (Å²) in [6.07, 6.45) is 1.79. The molecule has 0 unspecified atom stereocenters. The quantitative estimate of drug-likeness (QED) is 0.162. The molecule has 0 N–H and O–H groups in total. The van der Waals surface area contributed by atoms with Crippen LogP contribution in [0.1, 0.15) is 0 Å². The molecular formula is C44H29IrN3S-2. The Morgan fingerprint density at radius 3 is 1.94 bits per heavy atom. The molecule has 0 spiro atoms. The molecule has 49 heavy (non-hydrogen) atoms. The number of rotatable bonds is 5. The van der Waals surface area contributed by atoms with Gasteiger partial charge in [0.2, 0.25) is 0 Å². The molecule has 0 bridgehead atoms. The van der Waals surface area contributed by atoms with Gasteiger partial charge in [0.05, 0.1) is 16.9 Å². The number of benzene rings is 6. The minimum atomic E-state index is 0. The van der Waals surface area contributed by atoms with Gasteiger partial charge >= 0.3 is 0 Å². The summed E-state index contributed by atoms with van der Waals surface area (Å²) in [4.78, 5) is 9.32. The molecule has 0 atom stereocenters. The van der Waals surface area contributed by atoms with Crippen molar-refractivity contribution in [3.05, 3.63) is 188 Å². The van der Waals surface area contributed by atoms with Crippen LogP contribution in [0.25, 0.3) is 71.7 Å². The molecule has 9 aromatic rings. The Balaban J connectivity index is 0.000000246. The number of imidazole rings is 1. The van der Waals surface area contributed by atoms with Gasteiger partial charge in [-0.25, -0.2) is 0 Å². The molecule has 0 aliphatic heterocycles. The second kappa shape index (κ2) is 14.8. The average Bonchev–Trinajstić information content (AvgIpc) is 3.78. The van der Waals surface area contributed by atoms with Gasteiger partial charge in [0.25, 0.3) is 0 Å². The maximum absolute atomic E-state index is 5.10. The van der Waals surface area contributed by atoms with Crippen LogP contribution in [0.3, 0.4) is 0 Å². The van der Waals surface area contributed by atoms with Crippen LogP contribution in [0.4, 0.5) is 0 Å². The van der Waals surface area contributed by atoms with E-state index in [0.717, 1.165) is 39.4 Å². The molecule has 3 nitrogen and oxygen atoms in total. The fourth-order valence-corrected chi connectivity index (χ4v) is 6.74. The van der Waals surface area contributed by atoms with Crippen molar-refractivity contribution in [3.63, 3.8) is 0 Å². The summed E-state index contributed by atoms with van der Waals surface area (Å²) < 4.78 is 3.47. The third-order valence-electron chi connectivity index (χ3n) is 8.29. The first-order valence-corrected chi connectivity index (χ1v) is 16.6. The maximum Gasteiger partial charge on any atom is 0.0774 e. The molecule has 0 saturated heterocycles. The molecule has 1 radical (unpaired) electrons. The molecule has 0 amide bonds. The normalized spacial score (nSPS) is 10.7. The minimum absolute atomic E-state index is 0. The van der Waals surface area contributed by atoms with Crippen molar-refractivity contribution in [2.45, 2.75) is 0 Å². The molecular weight excluding hydrogens is 795 g/mol. The second-order valence-electron chi connectivity index (χ2n) is 11.3. The standard InChI is InChI=1S/C33H21N2S.C11H8N.Ir/c1-3-9-23(10-4-1)25-15-18-27(19-16-25)35-31-14-8-7-13-30(31)34-33(35)29-22-36-32-20-17-26(21-28(29)32)24-11-5-2-6-12-24;1-2-6-10(7-3-1)11-8-4-5-9-12-11;/h1-21H;1-6,8-9H;/q2*-1;. The van der Waals surface area contributed by atoms with Crippen molar-refractivity contribution in [1.82, 2.24) is 14.5 Å². The van der Waals surface area contributed by atoms with Gasteiger partial charge < -0.3 is 9.55 Å². The van der Waals surface area contributed by atoms with Gasteiger partial charge in [-0.15, -0.1) is 41.3 Å². The van der Waals surface area contributed by atoms with Crippen LogP contribution in [0.5, 0.6) is 0 Å². The molecule has 9 rings (SSSR count). The van der Waals surface area contributed by atoms with Crippen LogP contribution in [0.15, 0.2) is 176 Å². The van der Waals surface area contributed by atoms with Gasteiger partial charge in [-0.3, -0.25) is 16.3 Å². The Bertz CT molecular complexity index is 2380. The van der Waals surface area contributed by atoms with E-state index in [1.807, 2.05) is 54.6 Å². The first-order valence-electron chi connectivity index (χ1n) is 15.8. The maximum atomic E-state index is 5.10. The zero-order chi connectivity index (χ0) is 32.1. The SMILES string of the molecule is [Ir].[c-]1ccccc1-c1ccccn1.[c-]1sc2ccc(-c3ccccc3)cc2c1-c1nc2ccccc2n1-c1ccc(-c2ccccc2)cc1. The number of pyridine rings is 1. The molecule has 3 heterocycles. The van der Waals surface area contributed by atoms with E-state index in [0.29, 0.717) is 0 Å². The Morgan fingerprint density at radius 2 is 1.22 bits per heavy atom. The summed E-state index contributed by atoms with van der Waals surface area (Å²) >= 11 is 1.65. The first-order chi connectivity index (χ1) is 23.8. The number of aromatic nitrogens is 3. The van der Waals surface area contributed by atoms with Gasteiger partial charge in [0, 0.05) is 32.0 Å². The predicted octanol–water partition coefficient (Wildman–Crippen LogP) is 11.6. The largest absolute Gasteiger partial charge is 0.333 e. The van der Waals surface area contributed by atoms with Gasteiger partial charge in [0.1, 0.15) is 0 Å². The van der Waals surface area contributed by atoms with Crippen LogP contribution < -0.4 is 0 Å². The summed E-state index contributed by atoms with van der Waals surface area (Å²) in [6.45, 7) is 0. The van der Waals surface area contributed by atoms with Gasteiger partial charge in [-0.1, -0.05) is 131 Å². The molecule has 237 valence electrons. The van der Waals surface area contributed by atoms with E-state index in [4.69, 9.17) is 4.98 Å². The second-order valence-corrected chi connectivity index (χ2v) is 12.2. The Morgan fingerprint density at radius 1 is 0.571 bits per heavy atom. The van der Waals surface area contributed by atoms with Crippen molar-refractivity contribution in [2.75, 3.05) is 0 Å². The van der Waals surface area contributed by atoms with E-state index >= 15 is 0 Å². The van der Waals surface area contributed by atoms with Gasteiger partial charge in [-0.2, -0.15) is 0 Å². The number of thiophene rings is 1. The van der Waals surface area contributed by atoms with Crippen molar-refractivity contribution >= 4 is 32.5 Å². The topological polar surface area (TPSA) is 30.7 Å². The Kier molecular flexibility index (Phi) is 9.67. The number of hydrogen-bond acceptors (Lipinski definition) is 3. The summed E-state index contributed by atoms with van der Waals surface area (Å²) in [5.74, 6) is 0.917. The molecule has 0 aliphatic carbocycles. The van der Waals surface area contributed by atoms with Crippen LogP contribution in [-0.4, -0.2) is 14.5 Å². The summed E-state index contributed by atoms with van der Waals surface area (Å²) in [5.41, 5.74) is 11.0. The number of nitrogens with zero attached hydrogens (tertiary/aromatic N) is 3. The van der Waals surface area contributed by atoms with Crippen molar-refractivity contribution in [1.29, 1.82) is 0 Å². The molecule has 0 saturated carbocycles. The molecule has 6 aromatic carbocycles. The van der Waals surface area contributed by atoms with E-state index in [1.54, 1.807) is 17.5 Å². The minimum Gasteiger partial charge on any atom is -0.333 e. The fourth-order valence-electron chi connectivity index (χ4n) is 5.91. The number of fused-ring (bicyclic) bond motifs is 2. The molecule has 5 heteroatoms. The zero-order valence-electron chi connectivity index (χ0n) is 26.3. The van der Waals surface area contributed by atoms with Crippen LogP contribution in [0, 0.1) is 11.4 Å². The number of hydrogen-bond donors (Lipinski definition) is 0. The zero-order valence-corrected chi connectivity index (χ0v) is 29.5. The fraction of sp³-hybridized carbons (Fsp3) is 0. The Hall–Kier alpha value is -5.45. The van der Waals surface area contributed by atoms with E-state index in [9.17, 15) is 0 Å². The van der Waals surface area contributed by atoms with E-state index < -0.39 is 0 Å². The van der Waals surface area contributed by atoms with E-state index in [-0.39, 0.29) is 20.1 Å². The van der Waals surface area contributed by atoms with Crippen molar-refractivity contribution < 1.29 is 20.1 Å². The summed E-state index contributed by atoms with van der Waals surface area (Å²) in [6, 6.07) is 61.6. The monoisotopic (exact) mass is 824 g/mol. The third-order valence-corrected chi connectivity index (χ3v) is 9.17. The Labute approximate surface area is 303 Å². The summed E-state index contributed by atoms with van der Waals surface area (Å²) in [5, 5.41) is 4.75. The molecule has 0 aliphatic rings. The first kappa shape index (κ1) is 32.1. The summed E-state index contributed by atoms with van der Waals surface area (Å²) in [7, 11) is 0. The average molecular weight is 824 g/mol. The van der Waals surface area contributed by atoms with Crippen LogP contribution >= 0.6 is 11.3 Å². The number of para-hydroxylation sites is 2. The molecule has 0 fully saturated rings. The van der Waals surface area contributed by atoms with Crippen molar-refractivity contribution in [3.8, 4) is 50.6 Å². The third kappa shape index (κ3) is 6.78. The van der Waals surface area contributed by atoms with E-state index in [2.05, 4.69) is 136 Å². The van der Waals surface area contributed by atoms with Crippen LogP contribution in [-0.2, 0) is 20.1 Å². The predicted molar refractivity (Wildman–Crippen MR) is 200 cm³/mol. The van der Waals surface area contributed by atoms with E-state index in [1.165, 1.54) is 32.3 Å².